The Morgan fingerprint density at radius 2 is 1.68 bits per heavy atom. The Balaban J connectivity index is 1.53. The third-order valence-electron chi connectivity index (χ3n) is 4.60. The third-order valence-corrected chi connectivity index (χ3v) is 5.49. The molecule has 136 valence electrons. The highest BCUT2D eigenvalue weighted by Crippen LogP contribution is 2.30. The number of hydrogen-bond acceptors (Lipinski definition) is 5. The quantitative estimate of drug-likeness (QED) is 0.445. The fourth-order valence-corrected chi connectivity index (χ4v) is 4.12. The molecule has 0 amide bonds. The molecule has 0 aliphatic carbocycles. The molecule has 5 nitrogen and oxygen atoms in total. The second kappa shape index (κ2) is 6.90. The lowest BCUT2D eigenvalue weighted by atomic mass is 10.1. The number of fused-ring (bicyclic) bond motifs is 1. The fraction of sp³-hybridized carbons (Fsp3) is 0.0455. The molecule has 0 fully saturated rings. The van der Waals surface area contributed by atoms with Gasteiger partial charge in [-0.05, 0) is 5.56 Å². The van der Waals surface area contributed by atoms with Crippen LogP contribution in [0.4, 0.5) is 0 Å². The summed E-state index contributed by atoms with van der Waals surface area (Å²) in [6.07, 6.45) is 1.57. The summed E-state index contributed by atoms with van der Waals surface area (Å²) in [5.74, 6) is 0.610. The van der Waals surface area contributed by atoms with Gasteiger partial charge in [-0.2, -0.15) is 0 Å². The van der Waals surface area contributed by atoms with Crippen molar-refractivity contribution in [1.82, 2.24) is 14.7 Å². The molecule has 0 saturated heterocycles. The van der Waals surface area contributed by atoms with Crippen LogP contribution in [0.5, 0.6) is 0 Å². The Bertz CT molecular complexity index is 1300. The van der Waals surface area contributed by atoms with Crippen molar-refractivity contribution in [1.29, 1.82) is 0 Å². The Kier molecular flexibility index (Phi) is 4.10. The summed E-state index contributed by atoms with van der Waals surface area (Å²) in [6.45, 7) is 0.283. The smallest absolute Gasteiger partial charge is 0.263 e. The first kappa shape index (κ1) is 16.6. The van der Waals surface area contributed by atoms with Gasteiger partial charge in [-0.1, -0.05) is 65.8 Å². The highest BCUT2D eigenvalue weighted by Gasteiger charge is 2.14. The lowest BCUT2D eigenvalue weighted by Gasteiger charge is -2.04. The molecule has 0 N–H and O–H groups in total. The maximum Gasteiger partial charge on any atom is 0.263 e. The number of hydrogen-bond donors (Lipinski definition) is 0. The van der Waals surface area contributed by atoms with Crippen molar-refractivity contribution in [3.8, 4) is 22.4 Å². The molecule has 2 aromatic carbocycles. The Morgan fingerprint density at radius 1 is 0.964 bits per heavy atom. The molecule has 3 heterocycles. The van der Waals surface area contributed by atoms with Crippen LogP contribution in [-0.2, 0) is 6.54 Å². The first-order chi connectivity index (χ1) is 13.8. The van der Waals surface area contributed by atoms with Gasteiger partial charge >= 0.3 is 0 Å². The molecule has 3 aromatic heterocycles. The van der Waals surface area contributed by atoms with Crippen LogP contribution in [0.3, 0.4) is 0 Å². The Labute approximate surface area is 164 Å². The molecule has 5 rings (SSSR count). The Hall–Kier alpha value is -3.51. The van der Waals surface area contributed by atoms with Gasteiger partial charge in [0.05, 0.1) is 18.3 Å². The van der Waals surface area contributed by atoms with Crippen LogP contribution >= 0.6 is 11.3 Å². The summed E-state index contributed by atoms with van der Waals surface area (Å²) in [5, 5.41) is 6.75. The van der Waals surface area contributed by atoms with Gasteiger partial charge in [0.15, 0.2) is 5.76 Å². The highest BCUT2D eigenvalue weighted by molar-refractivity contribution is 7.17. The van der Waals surface area contributed by atoms with Crippen molar-refractivity contribution in [3.05, 3.63) is 94.6 Å². The van der Waals surface area contributed by atoms with E-state index in [4.69, 9.17) is 4.52 Å². The second-order valence-corrected chi connectivity index (χ2v) is 7.28. The van der Waals surface area contributed by atoms with E-state index in [9.17, 15) is 4.79 Å². The van der Waals surface area contributed by atoms with Crippen LogP contribution in [0.25, 0.3) is 32.6 Å². The van der Waals surface area contributed by atoms with E-state index in [0.717, 1.165) is 27.2 Å². The average Bonchev–Trinajstić information content (AvgIpc) is 3.39. The monoisotopic (exact) mass is 385 g/mol. The van der Waals surface area contributed by atoms with Gasteiger partial charge in [-0.15, -0.1) is 11.3 Å². The van der Waals surface area contributed by atoms with Gasteiger partial charge in [-0.3, -0.25) is 9.36 Å². The summed E-state index contributed by atoms with van der Waals surface area (Å²) in [5.41, 5.74) is 3.56. The molecule has 6 heteroatoms. The van der Waals surface area contributed by atoms with Crippen LogP contribution in [-0.4, -0.2) is 14.7 Å². The van der Waals surface area contributed by atoms with Gasteiger partial charge in [0, 0.05) is 22.6 Å². The van der Waals surface area contributed by atoms with Crippen molar-refractivity contribution in [2.24, 2.45) is 0 Å². The lowest BCUT2D eigenvalue weighted by molar-refractivity contribution is 0.376. The first-order valence-corrected chi connectivity index (χ1v) is 9.70. The van der Waals surface area contributed by atoms with Gasteiger partial charge in [0.2, 0.25) is 0 Å². The van der Waals surface area contributed by atoms with E-state index in [2.05, 4.69) is 10.1 Å². The van der Waals surface area contributed by atoms with Crippen molar-refractivity contribution in [3.63, 3.8) is 0 Å². The lowest BCUT2D eigenvalue weighted by Crippen LogP contribution is -2.20. The molecule has 0 saturated carbocycles. The normalized spacial score (nSPS) is 11.1. The third kappa shape index (κ3) is 2.93. The van der Waals surface area contributed by atoms with Gasteiger partial charge < -0.3 is 4.52 Å². The predicted molar refractivity (Wildman–Crippen MR) is 110 cm³/mol. The molecule has 0 atom stereocenters. The van der Waals surface area contributed by atoms with Crippen LogP contribution in [0.1, 0.15) is 5.76 Å². The highest BCUT2D eigenvalue weighted by atomic mass is 32.1. The molecule has 5 aromatic rings. The van der Waals surface area contributed by atoms with Gasteiger partial charge in [-0.25, -0.2) is 4.98 Å². The molecule has 0 bridgehead atoms. The van der Waals surface area contributed by atoms with Crippen molar-refractivity contribution in [2.75, 3.05) is 0 Å². The van der Waals surface area contributed by atoms with Crippen LogP contribution in [0, 0.1) is 0 Å². The standard InChI is InChI=1S/C22H15N3O2S/c26-22-20-18(15-7-3-1-4-8-15)13-28-21(20)23-14-25(22)12-17-11-19(24-27-17)16-9-5-2-6-10-16/h1-11,13-14H,12H2. The summed E-state index contributed by atoms with van der Waals surface area (Å²) in [6, 6.07) is 21.6. The zero-order chi connectivity index (χ0) is 18.9. The van der Waals surface area contributed by atoms with E-state index in [1.165, 1.54) is 11.3 Å². The minimum absolute atomic E-state index is 0.0808. The maximum atomic E-state index is 13.1. The zero-order valence-electron chi connectivity index (χ0n) is 14.8. The minimum atomic E-state index is -0.0808. The largest absolute Gasteiger partial charge is 0.359 e. The predicted octanol–water partition coefficient (Wildman–Crippen LogP) is 4.83. The summed E-state index contributed by atoms with van der Waals surface area (Å²) in [7, 11) is 0. The molecule has 0 aliphatic rings. The average molecular weight is 385 g/mol. The number of nitrogens with zero attached hydrogens (tertiary/aromatic N) is 3. The van der Waals surface area contributed by atoms with Crippen LogP contribution < -0.4 is 5.56 Å². The van der Waals surface area contributed by atoms with Crippen molar-refractivity contribution < 1.29 is 4.52 Å². The number of benzene rings is 2. The number of thiophene rings is 1. The van der Waals surface area contributed by atoms with Crippen molar-refractivity contribution in [2.45, 2.75) is 6.54 Å². The van der Waals surface area contributed by atoms with Crippen LogP contribution in [0.15, 0.2) is 87.8 Å². The summed E-state index contributed by atoms with van der Waals surface area (Å²) < 4.78 is 7.02. The van der Waals surface area contributed by atoms with Gasteiger partial charge in [0.25, 0.3) is 5.56 Å². The molecule has 0 radical (unpaired) electrons. The van der Waals surface area contributed by atoms with Crippen LogP contribution in [0.2, 0.25) is 0 Å². The van der Waals surface area contributed by atoms with E-state index in [-0.39, 0.29) is 12.1 Å². The molecule has 0 unspecified atom stereocenters. The first-order valence-electron chi connectivity index (χ1n) is 8.83. The second-order valence-electron chi connectivity index (χ2n) is 6.42. The fourth-order valence-electron chi connectivity index (χ4n) is 3.21. The zero-order valence-corrected chi connectivity index (χ0v) is 15.6. The molecule has 0 spiro atoms. The van der Waals surface area contributed by atoms with Crippen molar-refractivity contribution >= 4 is 21.6 Å². The molecular weight excluding hydrogens is 370 g/mol. The number of rotatable bonds is 4. The molecular formula is C22H15N3O2S. The Morgan fingerprint density at radius 3 is 2.43 bits per heavy atom. The van der Waals surface area contributed by atoms with Gasteiger partial charge in [0.1, 0.15) is 10.5 Å². The SMILES string of the molecule is O=c1c2c(-c3ccccc3)csc2ncn1Cc1cc(-c2ccccc2)no1. The minimum Gasteiger partial charge on any atom is -0.359 e. The maximum absolute atomic E-state index is 13.1. The summed E-state index contributed by atoms with van der Waals surface area (Å²) >= 11 is 1.48. The van der Waals surface area contributed by atoms with E-state index in [0.29, 0.717) is 11.1 Å². The van der Waals surface area contributed by atoms with E-state index >= 15 is 0 Å². The number of aromatic nitrogens is 3. The molecule has 0 aliphatic heterocycles. The van der Waals surface area contributed by atoms with E-state index < -0.39 is 0 Å². The van der Waals surface area contributed by atoms with E-state index in [1.807, 2.05) is 72.1 Å². The molecule has 28 heavy (non-hydrogen) atoms. The topological polar surface area (TPSA) is 60.9 Å². The van der Waals surface area contributed by atoms with E-state index in [1.54, 1.807) is 10.9 Å². The summed E-state index contributed by atoms with van der Waals surface area (Å²) in [4.78, 5) is 18.3.